The quantitative estimate of drug-likeness (QED) is 0.440. The number of aromatic nitrogens is 2. The molecule has 0 amide bonds. The lowest BCUT2D eigenvalue weighted by Crippen LogP contribution is -2.11. The molecule has 0 unspecified atom stereocenters. The fraction of sp³-hybridized carbons (Fsp3) is 0.0476. The first kappa shape index (κ1) is 15.8. The Morgan fingerprint density at radius 1 is 0.880 bits per heavy atom. The van der Waals surface area contributed by atoms with Gasteiger partial charge in [0.25, 0.3) is 0 Å². The van der Waals surface area contributed by atoms with Crippen molar-refractivity contribution in [2.24, 2.45) is 0 Å². The normalized spacial score (nSPS) is 10.9. The molecule has 1 aromatic heterocycles. The van der Waals surface area contributed by atoms with Crippen molar-refractivity contribution < 1.29 is 4.79 Å². The predicted molar refractivity (Wildman–Crippen MR) is 104 cm³/mol. The van der Waals surface area contributed by atoms with Crippen molar-refractivity contribution in [3.8, 4) is 11.4 Å². The fourth-order valence-electron chi connectivity index (χ4n) is 2.91. The summed E-state index contributed by atoms with van der Waals surface area (Å²) in [6.45, 7) is 0.256. The zero-order valence-corrected chi connectivity index (χ0v) is 15.0. The monoisotopic (exact) mass is 390 g/mol. The molecule has 3 aromatic carbocycles. The summed E-state index contributed by atoms with van der Waals surface area (Å²) in [5.74, 6) is 0.875. The molecule has 25 heavy (non-hydrogen) atoms. The molecule has 0 aliphatic rings. The second-order valence-electron chi connectivity index (χ2n) is 5.81. The number of fused-ring (bicyclic) bond motifs is 1. The Bertz CT molecular complexity index is 1040. The Morgan fingerprint density at radius 3 is 2.32 bits per heavy atom. The summed E-state index contributed by atoms with van der Waals surface area (Å²) in [7, 11) is 0. The number of benzene rings is 3. The van der Waals surface area contributed by atoms with Gasteiger partial charge in [0.2, 0.25) is 0 Å². The molecule has 0 radical (unpaired) electrons. The summed E-state index contributed by atoms with van der Waals surface area (Å²) >= 11 is 3.40. The summed E-state index contributed by atoms with van der Waals surface area (Å²) < 4.78 is 2.96. The molecule has 0 saturated heterocycles. The van der Waals surface area contributed by atoms with Crippen LogP contribution in [0.1, 0.15) is 10.4 Å². The fourth-order valence-corrected chi connectivity index (χ4v) is 3.18. The summed E-state index contributed by atoms with van der Waals surface area (Å²) in [6.07, 6.45) is 0. The molecule has 0 spiro atoms. The van der Waals surface area contributed by atoms with Crippen LogP contribution in [-0.4, -0.2) is 15.3 Å². The minimum absolute atomic E-state index is 0.0628. The van der Waals surface area contributed by atoms with Crippen molar-refractivity contribution in [1.82, 2.24) is 9.55 Å². The van der Waals surface area contributed by atoms with E-state index in [-0.39, 0.29) is 12.3 Å². The maximum absolute atomic E-state index is 12.8. The van der Waals surface area contributed by atoms with Crippen LogP contribution in [0, 0.1) is 0 Å². The lowest BCUT2D eigenvalue weighted by molar-refractivity contribution is 0.0974. The predicted octanol–water partition coefficient (Wildman–Crippen LogP) is 5.35. The summed E-state index contributed by atoms with van der Waals surface area (Å²) in [4.78, 5) is 17.5. The molecular weight excluding hydrogens is 376 g/mol. The zero-order valence-electron chi connectivity index (χ0n) is 13.4. The molecule has 4 heteroatoms. The van der Waals surface area contributed by atoms with E-state index in [9.17, 15) is 4.79 Å². The Morgan fingerprint density at radius 2 is 1.56 bits per heavy atom. The van der Waals surface area contributed by atoms with Crippen LogP contribution < -0.4 is 0 Å². The molecule has 0 bridgehead atoms. The highest BCUT2D eigenvalue weighted by molar-refractivity contribution is 9.10. The van der Waals surface area contributed by atoms with Gasteiger partial charge in [-0.15, -0.1) is 0 Å². The van der Waals surface area contributed by atoms with Crippen LogP contribution in [-0.2, 0) is 6.54 Å². The molecule has 1 heterocycles. The molecular formula is C21H15BrN2O. The number of hydrogen-bond acceptors (Lipinski definition) is 2. The lowest BCUT2D eigenvalue weighted by atomic mass is 10.1. The van der Waals surface area contributed by atoms with Gasteiger partial charge in [-0.3, -0.25) is 4.79 Å². The Kier molecular flexibility index (Phi) is 4.20. The second kappa shape index (κ2) is 6.65. The standard InChI is InChI=1S/C21H15BrN2O/c22-17-12-10-15(11-13-17)20(25)14-24-19-9-5-4-8-18(19)23-21(24)16-6-2-1-3-7-16/h1-13H,14H2. The van der Waals surface area contributed by atoms with Crippen molar-refractivity contribution in [1.29, 1.82) is 0 Å². The van der Waals surface area contributed by atoms with Crippen LogP contribution in [0.5, 0.6) is 0 Å². The van der Waals surface area contributed by atoms with E-state index in [1.807, 2.05) is 83.4 Å². The minimum atomic E-state index is 0.0628. The number of halogens is 1. The van der Waals surface area contributed by atoms with Crippen molar-refractivity contribution in [2.75, 3.05) is 0 Å². The average molecular weight is 391 g/mol. The number of carbonyl (C=O) groups is 1. The van der Waals surface area contributed by atoms with Crippen LogP contribution in [0.4, 0.5) is 0 Å². The van der Waals surface area contributed by atoms with Crippen molar-refractivity contribution >= 4 is 32.7 Å². The maximum atomic E-state index is 12.8. The first-order chi connectivity index (χ1) is 12.2. The van der Waals surface area contributed by atoms with Crippen molar-refractivity contribution in [3.05, 3.63) is 88.9 Å². The number of hydrogen-bond donors (Lipinski definition) is 0. The first-order valence-electron chi connectivity index (χ1n) is 8.02. The van der Waals surface area contributed by atoms with Gasteiger partial charge in [-0.1, -0.05) is 70.5 Å². The number of rotatable bonds is 4. The second-order valence-corrected chi connectivity index (χ2v) is 6.72. The highest BCUT2D eigenvalue weighted by Gasteiger charge is 2.15. The molecule has 0 N–H and O–H groups in total. The molecule has 4 rings (SSSR count). The number of ketones is 1. The number of imidazole rings is 1. The third kappa shape index (κ3) is 3.13. The summed E-state index contributed by atoms with van der Waals surface area (Å²) in [5, 5.41) is 0. The number of carbonyl (C=O) groups excluding carboxylic acids is 1. The third-order valence-corrected chi connectivity index (χ3v) is 4.68. The number of nitrogens with zero attached hydrogens (tertiary/aromatic N) is 2. The molecule has 0 fully saturated rings. The molecule has 0 atom stereocenters. The van der Waals surface area contributed by atoms with Crippen molar-refractivity contribution in [2.45, 2.75) is 6.54 Å². The van der Waals surface area contributed by atoms with Gasteiger partial charge in [0.15, 0.2) is 5.78 Å². The van der Waals surface area contributed by atoms with E-state index in [1.165, 1.54) is 0 Å². The SMILES string of the molecule is O=C(Cn1c(-c2ccccc2)nc2ccccc21)c1ccc(Br)cc1. The third-order valence-electron chi connectivity index (χ3n) is 4.15. The van der Waals surface area contributed by atoms with E-state index >= 15 is 0 Å². The zero-order chi connectivity index (χ0) is 17.2. The van der Waals surface area contributed by atoms with Gasteiger partial charge in [0, 0.05) is 15.6 Å². The van der Waals surface area contributed by atoms with Gasteiger partial charge < -0.3 is 4.57 Å². The van der Waals surface area contributed by atoms with Gasteiger partial charge in [0.1, 0.15) is 5.82 Å². The largest absolute Gasteiger partial charge is 0.316 e. The lowest BCUT2D eigenvalue weighted by Gasteiger charge is -2.09. The highest BCUT2D eigenvalue weighted by Crippen LogP contribution is 2.25. The number of Topliss-reactive ketones (excluding diaryl/α,β-unsaturated/α-hetero) is 1. The summed E-state index contributed by atoms with van der Waals surface area (Å²) in [6, 6.07) is 25.3. The van der Waals surface area contributed by atoms with E-state index in [2.05, 4.69) is 15.9 Å². The summed E-state index contributed by atoms with van der Waals surface area (Å²) in [5.41, 5.74) is 3.55. The molecule has 0 saturated carbocycles. The van der Waals surface area contributed by atoms with E-state index in [1.54, 1.807) is 0 Å². The Labute approximate surface area is 154 Å². The van der Waals surface area contributed by atoms with Crippen LogP contribution in [0.25, 0.3) is 22.4 Å². The van der Waals surface area contributed by atoms with E-state index < -0.39 is 0 Å². The van der Waals surface area contributed by atoms with Gasteiger partial charge in [-0.2, -0.15) is 0 Å². The van der Waals surface area contributed by atoms with Crippen molar-refractivity contribution in [3.63, 3.8) is 0 Å². The first-order valence-corrected chi connectivity index (χ1v) is 8.81. The van der Waals surface area contributed by atoms with Crippen LogP contribution in [0.2, 0.25) is 0 Å². The molecule has 122 valence electrons. The average Bonchev–Trinajstić information content (AvgIpc) is 3.02. The van der Waals surface area contributed by atoms with Crippen LogP contribution >= 0.6 is 15.9 Å². The highest BCUT2D eigenvalue weighted by atomic mass is 79.9. The van der Waals surface area contributed by atoms with Gasteiger partial charge in [-0.25, -0.2) is 4.98 Å². The van der Waals surface area contributed by atoms with Crippen LogP contribution in [0.3, 0.4) is 0 Å². The molecule has 4 aromatic rings. The topological polar surface area (TPSA) is 34.9 Å². The Balaban J connectivity index is 1.80. The Hall–Kier alpha value is -2.72. The van der Waals surface area contributed by atoms with Gasteiger partial charge in [0.05, 0.1) is 17.6 Å². The smallest absolute Gasteiger partial charge is 0.182 e. The molecule has 0 aliphatic heterocycles. The van der Waals surface area contributed by atoms with E-state index in [4.69, 9.17) is 4.98 Å². The van der Waals surface area contributed by atoms with E-state index in [0.717, 1.165) is 26.9 Å². The number of para-hydroxylation sites is 2. The molecule has 3 nitrogen and oxygen atoms in total. The molecule has 0 aliphatic carbocycles. The van der Waals surface area contributed by atoms with Crippen LogP contribution in [0.15, 0.2) is 83.3 Å². The minimum Gasteiger partial charge on any atom is -0.316 e. The maximum Gasteiger partial charge on any atom is 0.182 e. The van der Waals surface area contributed by atoms with Gasteiger partial charge >= 0.3 is 0 Å². The van der Waals surface area contributed by atoms with Gasteiger partial charge in [-0.05, 0) is 24.3 Å². The van der Waals surface area contributed by atoms with E-state index in [0.29, 0.717) is 5.56 Å².